The Morgan fingerprint density at radius 1 is 1.23 bits per heavy atom. The standard InChI is InChI=1S/C22H19BrFN5O2/c1-13(19-10-26-29(14(19)2)17-6-4-16(24)5-7-17)27-21(30)11-28-12-25-20-8-3-15(23)9-18(20)22(28)31/h3-10,12-13H,11H2,1-2H3,(H,27,30). The van der Waals surface area contributed by atoms with Gasteiger partial charge in [-0.15, -0.1) is 0 Å². The van der Waals surface area contributed by atoms with Crippen molar-refractivity contribution in [1.29, 1.82) is 0 Å². The van der Waals surface area contributed by atoms with E-state index < -0.39 is 0 Å². The number of rotatable bonds is 5. The predicted octanol–water partition coefficient (Wildman–Crippen LogP) is 3.67. The summed E-state index contributed by atoms with van der Waals surface area (Å²) in [6.45, 7) is 3.57. The molecule has 4 rings (SSSR count). The molecule has 1 unspecified atom stereocenters. The van der Waals surface area contributed by atoms with E-state index in [1.165, 1.54) is 23.0 Å². The van der Waals surface area contributed by atoms with Crippen LogP contribution in [0.3, 0.4) is 0 Å². The van der Waals surface area contributed by atoms with Gasteiger partial charge in [0, 0.05) is 15.7 Å². The van der Waals surface area contributed by atoms with E-state index in [1.807, 2.05) is 19.9 Å². The highest BCUT2D eigenvalue weighted by atomic mass is 79.9. The summed E-state index contributed by atoms with van der Waals surface area (Å²) in [6.07, 6.45) is 3.05. The van der Waals surface area contributed by atoms with Crippen LogP contribution >= 0.6 is 15.9 Å². The molecule has 0 saturated carbocycles. The van der Waals surface area contributed by atoms with Crippen LogP contribution < -0.4 is 10.9 Å². The minimum atomic E-state index is -0.333. The molecule has 7 nitrogen and oxygen atoms in total. The Morgan fingerprint density at radius 2 is 1.97 bits per heavy atom. The molecule has 158 valence electrons. The third-order valence-electron chi connectivity index (χ3n) is 5.06. The number of benzene rings is 2. The van der Waals surface area contributed by atoms with Crippen molar-refractivity contribution in [3.63, 3.8) is 0 Å². The van der Waals surface area contributed by atoms with Gasteiger partial charge in [-0.2, -0.15) is 5.10 Å². The van der Waals surface area contributed by atoms with Crippen LogP contribution in [-0.4, -0.2) is 25.2 Å². The van der Waals surface area contributed by atoms with Crippen molar-refractivity contribution < 1.29 is 9.18 Å². The van der Waals surface area contributed by atoms with Crippen LogP contribution in [0.4, 0.5) is 4.39 Å². The van der Waals surface area contributed by atoms with Crippen LogP contribution in [0, 0.1) is 12.7 Å². The molecule has 0 aliphatic carbocycles. The first-order valence-electron chi connectivity index (χ1n) is 9.58. The highest BCUT2D eigenvalue weighted by Crippen LogP contribution is 2.20. The molecule has 0 bridgehead atoms. The van der Waals surface area contributed by atoms with Crippen molar-refractivity contribution in [2.24, 2.45) is 0 Å². The van der Waals surface area contributed by atoms with Crippen molar-refractivity contribution in [1.82, 2.24) is 24.6 Å². The highest BCUT2D eigenvalue weighted by molar-refractivity contribution is 9.10. The Kier molecular flexibility index (Phi) is 5.69. The number of aromatic nitrogens is 4. The molecule has 0 fully saturated rings. The zero-order valence-electron chi connectivity index (χ0n) is 16.8. The summed E-state index contributed by atoms with van der Waals surface area (Å²) in [5.41, 5.74) is 2.67. The van der Waals surface area contributed by atoms with Crippen molar-refractivity contribution in [2.45, 2.75) is 26.4 Å². The molecule has 2 aromatic heterocycles. The number of carbonyl (C=O) groups is 1. The zero-order chi connectivity index (χ0) is 22.1. The summed E-state index contributed by atoms with van der Waals surface area (Å²) in [5.74, 6) is -0.639. The monoisotopic (exact) mass is 483 g/mol. The molecule has 0 saturated heterocycles. The lowest BCUT2D eigenvalue weighted by molar-refractivity contribution is -0.122. The lowest BCUT2D eigenvalue weighted by Crippen LogP contribution is -2.34. The third kappa shape index (κ3) is 4.27. The minimum Gasteiger partial charge on any atom is -0.348 e. The lowest BCUT2D eigenvalue weighted by atomic mass is 10.1. The maximum atomic E-state index is 13.2. The zero-order valence-corrected chi connectivity index (χ0v) is 18.4. The summed E-state index contributed by atoms with van der Waals surface area (Å²) < 4.78 is 16.9. The molecule has 0 radical (unpaired) electrons. The van der Waals surface area contributed by atoms with Crippen LogP contribution in [0.15, 0.2) is 64.3 Å². The molecule has 0 spiro atoms. The van der Waals surface area contributed by atoms with Crippen molar-refractivity contribution >= 4 is 32.7 Å². The summed E-state index contributed by atoms with van der Waals surface area (Å²) in [4.78, 5) is 29.5. The molecular weight excluding hydrogens is 465 g/mol. The van der Waals surface area contributed by atoms with Crippen molar-refractivity contribution in [3.05, 3.63) is 86.9 Å². The van der Waals surface area contributed by atoms with E-state index in [2.05, 4.69) is 31.3 Å². The van der Waals surface area contributed by atoms with Gasteiger partial charge >= 0.3 is 0 Å². The van der Waals surface area contributed by atoms with E-state index >= 15 is 0 Å². The molecule has 0 aliphatic heterocycles. The van der Waals surface area contributed by atoms with E-state index in [0.29, 0.717) is 10.9 Å². The second kappa shape index (κ2) is 8.43. The molecule has 2 aromatic carbocycles. The first kappa shape index (κ1) is 20.9. The molecule has 1 atom stereocenters. The van der Waals surface area contributed by atoms with Crippen LogP contribution in [0.2, 0.25) is 0 Å². The van der Waals surface area contributed by atoms with E-state index in [-0.39, 0.29) is 29.9 Å². The van der Waals surface area contributed by atoms with Gasteiger partial charge < -0.3 is 5.32 Å². The molecule has 1 amide bonds. The molecule has 9 heteroatoms. The molecule has 0 aliphatic rings. The average molecular weight is 484 g/mol. The fourth-order valence-corrected chi connectivity index (χ4v) is 3.81. The van der Waals surface area contributed by atoms with Crippen molar-refractivity contribution in [2.75, 3.05) is 0 Å². The van der Waals surface area contributed by atoms with Gasteiger partial charge in [0.15, 0.2) is 0 Å². The second-order valence-corrected chi connectivity index (χ2v) is 8.12. The molecular formula is C22H19BrFN5O2. The van der Waals surface area contributed by atoms with Gasteiger partial charge in [-0.25, -0.2) is 14.1 Å². The Hall–Kier alpha value is -3.33. The smallest absolute Gasteiger partial charge is 0.261 e. The topological polar surface area (TPSA) is 81.8 Å². The maximum Gasteiger partial charge on any atom is 0.261 e. The van der Waals surface area contributed by atoms with Gasteiger partial charge in [-0.3, -0.25) is 14.2 Å². The normalized spacial score (nSPS) is 12.1. The molecule has 4 aromatic rings. The summed E-state index contributed by atoms with van der Waals surface area (Å²) >= 11 is 3.35. The third-order valence-corrected chi connectivity index (χ3v) is 5.56. The SMILES string of the molecule is Cc1c(C(C)NC(=O)Cn2cnc3ccc(Br)cc3c2=O)cnn1-c1ccc(F)cc1. The largest absolute Gasteiger partial charge is 0.348 e. The summed E-state index contributed by atoms with van der Waals surface area (Å²) in [5, 5.41) is 7.69. The Bertz CT molecular complexity index is 1330. The summed E-state index contributed by atoms with van der Waals surface area (Å²) in [6, 6.07) is 10.9. The molecule has 1 N–H and O–H groups in total. The highest BCUT2D eigenvalue weighted by Gasteiger charge is 2.17. The van der Waals surface area contributed by atoms with Gasteiger partial charge in [0.2, 0.25) is 5.91 Å². The Balaban J connectivity index is 1.51. The quantitative estimate of drug-likeness (QED) is 0.469. The van der Waals surface area contributed by atoms with E-state index in [9.17, 15) is 14.0 Å². The predicted molar refractivity (Wildman–Crippen MR) is 119 cm³/mol. The number of hydrogen-bond acceptors (Lipinski definition) is 4. The van der Waals surface area contributed by atoms with Crippen LogP contribution in [0.1, 0.15) is 24.2 Å². The second-order valence-electron chi connectivity index (χ2n) is 7.20. The average Bonchev–Trinajstić information content (AvgIpc) is 3.12. The van der Waals surface area contributed by atoms with Gasteiger partial charge in [-0.1, -0.05) is 15.9 Å². The Morgan fingerprint density at radius 3 is 2.71 bits per heavy atom. The maximum absolute atomic E-state index is 13.2. The van der Waals surface area contributed by atoms with Crippen LogP contribution in [0.5, 0.6) is 0 Å². The van der Waals surface area contributed by atoms with Gasteiger partial charge in [0.05, 0.1) is 35.2 Å². The lowest BCUT2D eigenvalue weighted by Gasteiger charge is -2.15. The number of nitrogens with one attached hydrogen (secondary N) is 1. The first-order chi connectivity index (χ1) is 14.8. The van der Waals surface area contributed by atoms with Gasteiger partial charge in [0.25, 0.3) is 5.56 Å². The van der Waals surface area contributed by atoms with Gasteiger partial charge in [0.1, 0.15) is 12.4 Å². The minimum absolute atomic E-state index is 0.149. The number of carbonyl (C=O) groups excluding carboxylic acids is 1. The van der Waals surface area contributed by atoms with E-state index in [4.69, 9.17) is 0 Å². The number of hydrogen-bond donors (Lipinski definition) is 1. The fraction of sp³-hybridized carbons (Fsp3) is 0.182. The molecule has 31 heavy (non-hydrogen) atoms. The number of nitrogens with zero attached hydrogens (tertiary/aromatic N) is 4. The molecule has 2 heterocycles. The number of fused-ring (bicyclic) bond motifs is 1. The van der Waals surface area contributed by atoms with Crippen LogP contribution in [-0.2, 0) is 11.3 Å². The van der Waals surface area contributed by atoms with Crippen molar-refractivity contribution in [3.8, 4) is 5.69 Å². The summed E-state index contributed by atoms with van der Waals surface area (Å²) in [7, 11) is 0. The van der Waals surface area contributed by atoms with Crippen LogP contribution in [0.25, 0.3) is 16.6 Å². The first-order valence-corrected chi connectivity index (χ1v) is 10.4. The van der Waals surface area contributed by atoms with E-state index in [0.717, 1.165) is 21.4 Å². The van der Waals surface area contributed by atoms with Gasteiger partial charge in [-0.05, 0) is 56.3 Å². The number of amides is 1. The number of halogens is 2. The Labute approximate surface area is 185 Å². The van der Waals surface area contributed by atoms with E-state index in [1.54, 1.807) is 35.1 Å². The fourth-order valence-electron chi connectivity index (χ4n) is 3.45.